The molecule has 0 spiro atoms. The fourth-order valence-electron chi connectivity index (χ4n) is 3.05. The van der Waals surface area contributed by atoms with E-state index in [0.717, 1.165) is 18.6 Å². The summed E-state index contributed by atoms with van der Waals surface area (Å²) in [4.78, 5) is 0. The quantitative estimate of drug-likeness (QED) is 0.734. The largest absolute Gasteiger partial charge is 0.488 e. The van der Waals surface area contributed by atoms with E-state index in [1.165, 1.54) is 34.2 Å². The molecule has 3 rings (SSSR count). The average molecular weight is 287 g/mol. The van der Waals surface area contributed by atoms with E-state index in [1.54, 1.807) is 0 Å². The van der Waals surface area contributed by atoms with E-state index in [1.807, 2.05) is 18.2 Å². The van der Waals surface area contributed by atoms with Gasteiger partial charge in [-0.05, 0) is 54.0 Å². The summed E-state index contributed by atoms with van der Waals surface area (Å²) < 4.78 is 6.12. The molecule has 2 aromatic carbocycles. The van der Waals surface area contributed by atoms with Crippen LogP contribution >= 0.6 is 11.6 Å². The molecular weight excluding hydrogens is 268 g/mol. The highest BCUT2D eigenvalue weighted by Gasteiger charge is 2.21. The van der Waals surface area contributed by atoms with Gasteiger partial charge in [0.25, 0.3) is 0 Å². The lowest BCUT2D eigenvalue weighted by molar-refractivity contribution is 0.301. The molecule has 1 nitrogen and oxygen atoms in total. The van der Waals surface area contributed by atoms with Crippen molar-refractivity contribution < 1.29 is 4.74 Å². The summed E-state index contributed by atoms with van der Waals surface area (Å²) in [6, 6.07) is 12.5. The zero-order valence-electron chi connectivity index (χ0n) is 11.8. The van der Waals surface area contributed by atoms with Gasteiger partial charge >= 0.3 is 0 Å². The maximum Gasteiger partial charge on any atom is 0.126 e. The van der Waals surface area contributed by atoms with Gasteiger partial charge in [0.15, 0.2) is 0 Å². The number of hydrogen-bond acceptors (Lipinski definition) is 1. The minimum absolute atomic E-state index is 0.599. The lowest BCUT2D eigenvalue weighted by atomic mass is 9.99. The summed E-state index contributed by atoms with van der Waals surface area (Å²) in [6.45, 7) is 2.75. The smallest absolute Gasteiger partial charge is 0.126 e. The van der Waals surface area contributed by atoms with Crippen molar-refractivity contribution in [2.24, 2.45) is 0 Å². The summed E-state index contributed by atoms with van der Waals surface area (Å²) in [5.74, 6) is 1.68. The summed E-state index contributed by atoms with van der Waals surface area (Å²) in [7, 11) is 0. The van der Waals surface area contributed by atoms with Gasteiger partial charge in [-0.3, -0.25) is 0 Å². The second kappa shape index (κ2) is 5.88. The molecule has 1 aliphatic carbocycles. The van der Waals surface area contributed by atoms with Crippen molar-refractivity contribution >= 4 is 11.6 Å². The first-order chi connectivity index (χ1) is 9.79. The Labute approximate surface area is 125 Å². The second-order valence-corrected chi connectivity index (χ2v) is 5.67. The normalized spacial score (nSPS) is 13.3. The molecular formula is C18H19ClO. The van der Waals surface area contributed by atoms with Crippen molar-refractivity contribution in [3.8, 4) is 5.75 Å². The Morgan fingerprint density at radius 2 is 1.85 bits per heavy atom. The van der Waals surface area contributed by atoms with Crippen molar-refractivity contribution in [1.82, 2.24) is 0 Å². The number of ether oxygens (including phenoxy) is 1. The third-order valence-corrected chi connectivity index (χ3v) is 4.29. The summed E-state index contributed by atoms with van der Waals surface area (Å²) in [5.41, 5.74) is 6.51. The third-order valence-electron chi connectivity index (χ3n) is 4.00. The topological polar surface area (TPSA) is 9.23 Å². The first-order valence-electron chi connectivity index (χ1n) is 7.16. The van der Waals surface area contributed by atoms with Crippen LogP contribution in [0.15, 0.2) is 36.4 Å². The van der Waals surface area contributed by atoms with E-state index < -0.39 is 0 Å². The second-order valence-electron chi connectivity index (χ2n) is 5.40. The summed E-state index contributed by atoms with van der Waals surface area (Å²) >= 11 is 6.07. The van der Waals surface area contributed by atoms with E-state index in [-0.39, 0.29) is 0 Å². The Bertz CT molecular complexity index is 605. The average Bonchev–Trinajstić information content (AvgIpc) is 2.96. The Morgan fingerprint density at radius 1 is 1.10 bits per heavy atom. The van der Waals surface area contributed by atoms with Crippen LogP contribution in [-0.4, -0.2) is 0 Å². The van der Waals surface area contributed by atoms with Crippen LogP contribution in [0.25, 0.3) is 0 Å². The fraction of sp³-hybridized carbons (Fsp3) is 0.333. The molecule has 0 bridgehead atoms. The number of benzene rings is 2. The van der Waals surface area contributed by atoms with Crippen LogP contribution in [0.1, 0.15) is 34.2 Å². The Hall–Kier alpha value is -1.47. The van der Waals surface area contributed by atoms with Crippen LogP contribution in [0.4, 0.5) is 0 Å². The minimum Gasteiger partial charge on any atom is -0.488 e. The molecule has 1 aliphatic rings. The van der Waals surface area contributed by atoms with Crippen molar-refractivity contribution in [2.45, 2.75) is 38.7 Å². The fourth-order valence-corrected chi connectivity index (χ4v) is 3.29. The number of halogens is 1. The van der Waals surface area contributed by atoms with Gasteiger partial charge in [-0.25, -0.2) is 0 Å². The highest BCUT2D eigenvalue weighted by molar-refractivity contribution is 6.17. The van der Waals surface area contributed by atoms with Crippen LogP contribution in [0.3, 0.4) is 0 Å². The zero-order valence-corrected chi connectivity index (χ0v) is 12.5. The highest BCUT2D eigenvalue weighted by Crippen LogP contribution is 2.37. The van der Waals surface area contributed by atoms with E-state index in [9.17, 15) is 0 Å². The SMILES string of the molecule is Cc1cc(CCl)c2c(c1OCc1ccccc1)CCC2. The van der Waals surface area contributed by atoms with Gasteiger partial charge in [0.1, 0.15) is 12.4 Å². The molecule has 0 aromatic heterocycles. The molecule has 0 amide bonds. The van der Waals surface area contributed by atoms with Crippen LogP contribution < -0.4 is 4.74 Å². The molecule has 0 N–H and O–H groups in total. The third kappa shape index (κ3) is 2.55. The molecule has 0 heterocycles. The van der Waals surface area contributed by atoms with Crippen molar-refractivity contribution in [1.29, 1.82) is 0 Å². The van der Waals surface area contributed by atoms with Gasteiger partial charge < -0.3 is 4.74 Å². The van der Waals surface area contributed by atoms with Crippen molar-refractivity contribution in [3.63, 3.8) is 0 Å². The molecule has 0 atom stereocenters. The molecule has 0 unspecified atom stereocenters. The number of alkyl halides is 1. The van der Waals surface area contributed by atoms with E-state index in [4.69, 9.17) is 16.3 Å². The van der Waals surface area contributed by atoms with Crippen LogP contribution in [0.5, 0.6) is 5.75 Å². The van der Waals surface area contributed by atoms with E-state index in [0.29, 0.717) is 12.5 Å². The Kier molecular flexibility index (Phi) is 3.98. The van der Waals surface area contributed by atoms with Gasteiger partial charge in [0.2, 0.25) is 0 Å². The van der Waals surface area contributed by atoms with Gasteiger partial charge in [-0.15, -0.1) is 11.6 Å². The standard InChI is InChI=1S/C18H19ClO/c1-13-10-15(11-19)16-8-5-9-17(16)18(13)20-12-14-6-3-2-4-7-14/h2-4,6-7,10H,5,8-9,11-12H2,1H3. The van der Waals surface area contributed by atoms with Crippen molar-refractivity contribution in [2.75, 3.05) is 0 Å². The maximum atomic E-state index is 6.12. The molecule has 20 heavy (non-hydrogen) atoms. The van der Waals surface area contributed by atoms with Gasteiger partial charge in [-0.1, -0.05) is 36.4 Å². The van der Waals surface area contributed by atoms with E-state index in [2.05, 4.69) is 25.1 Å². The Balaban J connectivity index is 1.88. The number of hydrogen-bond donors (Lipinski definition) is 0. The number of rotatable bonds is 4. The molecule has 0 saturated heterocycles. The van der Waals surface area contributed by atoms with E-state index >= 15 is 0 Å². The lowest BCUT2D eigenvalue weighted by Crippen LogP contribution is -2.02. The van der Waals surface area contributed by atoms with Gasteiger partial charge in [-0.2, -0.15) is 0 Å². The Morgan fingerprint density at radius 3 is 2.60 bits per heavy atom. The predicted octanol–water partition coefficient (Wildman–Crippen LogP) is 4.80. The monoisotopic (exact) mass is 286 g/mol. The number of fused-ring (bicyclic) bond motifs is 1. The maximum absolute atomic E-state index is 6.12. The minimum atomic E-state index is 0.599. The van der Waals surface area contributed by atoms with Crippen LogP contribution in [-0.2, 0) is 25.3 Å². The molecule has 2 heteroatoms. The zero-order chi connectivity index (χ0) is 13.9. The molecule has 0 saturated carbocycles. The van der Waals surface area contributed by atoms with Gasteiger partial charge in [0, 0.05) is 5.88 Å². The highest BCUT2D eigenvalue weighted by atomic mass is 35.5. The molecule has 0 fully saturated rings. The molecule has 2 aromatic rings. The van der Waals surface area contributed by atoms with Crippen LogP contribution in [0, 0.1) is 6.92 Å². The first kappa shape index (κ1) is 13.5. The predicted molar refractivity (Wildman–Crippen MR) is 83.5 cm³/mol. The van der Waals surface area contributed by atoms with Gasteiger partial charge in [0.05, 0.1) is 0 Å². The molecule has 0 aliphatic heterocycles. The van der Waals surface area contributed by atoms with Crippen molar-refractivity contribution in [3.05, 3.63) is 64.2 Å². The number of aryl methyl sites for hydroxylation is 1. The molecule has 0 radical (unpaired) electrons. The first-order valence-corrected chi connectivity index (χ1v) is 7.70. The lowest BCUT2D eigenvalue weighted by Gasteiger charge is -2.16. The van der Waals surface area contributed by atoms with Crippen LogP contribution in [0.2, 0.25) is 0 Å². The summed E-state index contributed by atoms with van der Waals surface area (Å²) in [6.07, 6.45) is 3.47. The summed E-state index contributed by atoms with van der Waals surface area (Å²) in [5, 5.41) is 0. The molecule has 104 valence electrons.